The molecule has 3 rings (SSSR count). The Kier molecular flexibility index (Phi) is 5.11. The zero-order valence-corrected chi connectivity index (χ0v) is 13.6. The number of hydrogen-bond acceptors (Lipinski definition) is 4. The maximum Gasteiger partial charge on any atom is 0.256 e. The number of likely N-dealkylation sites (tertiary alicyclic amines) is 1. The molecule has 1 aromatic rings. The van der Waals surface area contributed by atoms with E-state index < -0.39 is 5.82 Å². The Hall–Kier alpha value is -1.99. The summed E-state index contributed by atoms with van der Waals surface area (Å²) in [6.45, 7) is 3.67. The standard InChI is InChI=1S/C17H21FN2O4/c1-11(21)19-13-2-3-15(18)14(10-13)16(22)20-6-4-12(5-7-20)17-23-8-9-24-17/h2-3,10,12,17H,4-9H2,1H3,(H,19,21). The lowest BCUT2D eigenvalue weighted by Crippen LogP contribution is -2.41. The van der Waals surface area contributed by atoms with Crippen molar-refractivity contribution >= 4 is 17.5 Å². The Bertz CT molecular complexity index is 623. The van der Waals surface area contributed by atoms with E-state index in [0.29, 0.717) is 32.0 Å². The smallest absolute Gasteiger partial charge is 0.256 e. The first-order chi connectivity index (χ1) is 11.5. The van der Waals surface area contributed by atoms with Gasteiger partial charge in [-0.3, -0.25) is 9.59 Å². The number of nitrogens with one attached hydrogen (secondary N) is 1. The highest BCUT2D eigenvalue weighted by Crippen LogP contribution is 2.27. The van der Waals surface area contributed by atoms with E-state index in [1.807, 2.05) is 0 Å². The molecule has 1 N–H and O–H groups in total. The van der Waals surface area contributed by atoms with E-state index in [4.69, 9.17) is 9.47 Å². The Balaban J connectivity index is 1.65. The van der Waals surface area contributed by atoms with E-state index in [2.05, 4.69) is 5.32 Å². The second-order valence-corrected chi connectivity index (χ2v) is 6.12. The van der Waals surface area contributed by atoms with Crippen molar-refractivity contribution in [2.45, 2.75) is 26.1 Å². The fourth-order valence-corrected chi connectivity index (χ4v) is 3.16. The lowest BCUT2D eigenvalue weighted by molar-refractivity contribution is -0.114. The van der Waals surface area contributed by atoms with Crippen LogP contribution < -0.4 is 5.32 Å². The average Bonchev–Trinajstić information content (AvgIpc) is 3.10. The van der Waals surface area contributed by atoms with Crippen LogP contribution in [0.25, 0.3) is 0 Å². The molecule has 130 valence electrons. The molecule has 0 unspecified atom stereocenters. The van der Waals surface area contributed by atoms with Crippen LogP contribution in [-0.2, 0) is 14.3 Å². The van der Waals surface area contributed by atoms with Crippen LogP contribution in [0.1, 0.15) is 30.1 Å². The molecule has 0 atom stereocenters. The summed E-state index contributed by atoms with van der Waals surface area (Å²) >= 11 is 0. The average molecular weight is 336 g/mol. The molecule has 7 heteroatoms. The van der Waals surface area contributed by atoms with Gasteiger partial charge in [-0.1, -0.05) is 0 Å². The summed E-state index contributed by atoms with van der Waals surface area (Å²) in [6.07, 6.45) is 1.36. The van der Waals surface area contributed by atoms with E-state index >= 15 is 0 Å². The first-order valence-corrected chi connectivity index (χ1v) is 8.14. The molecule has 1 aromatic carbocycles. The molecule has 2 saturated heterocycles. The predicted molar refractivity (Wildman–Crippen MR) is 85.0 cm³/mol. The number of hydrogen-bond donors (Lipinski definition) is 1. The molecule has 24 heavy (non-hydrogen) atoms. The number of nitrogens with zero attached hydrogens (tertiary/aromatic N) is 1. The van der Waals surface area contributed by atoms with Gasteiger partial charge in [-0.05, 0) is 31.0 Å². The lowest BCUT2D eigenvalue weighted by Gasteiger charge is -2.34. The topological polar surface area (TPSA) is 67.9 Å². The molecule has 0 saturated carbocycles. The van der Waals surface area contributed by atoms with Crippen molar-refractivity contribution in [2.24, 2.45) is 5.92 Å². The van der Waals surface area contributed by atoms with Crippen molar-refractivity contribution in [1.29, 1.82) is 0 Å². The number of rotatable bonds is 3. The minimum Gasteiger partial charge on any atom is -0.350 e. The van der Waals surface area contributed by atoms with Crippen molar-refractivity contribution in [3.8, 4) is 0 Å². The van der Waals surface area contributed by atoms with Gasteiger partial charge in [0, 0.05) is 31.6 Å². The van der Waals surface area contributed by atoms with Gasteiger partial charge >= 0.3 is 0 Å². The maximum absolute atomic E-state index is 14.0. The van der Waals surface area contributed by atoms with Crippen molar-refractivity contribution < 1.29 is 23.5 Å². The fourth-order valence-electron chi connectivity index (χ4n) is 3.16. The Labute approximate surface area is 139 Å². The highest BCUT2D eigenvalue weighted by molar-refractivity contribution is 5.97. The van der Waals surface area contributed by atoms with E-state index in [0.717, 1.165) is 12.8 Å². The van der Waals surface area contributed by atoms with Crippen molar-refractivity contribution in [1.82, 2.24) is 4.90 Å². The van der Waals surface area contributed by atoms with E-state index in [9.17, 15) is 14.0 Å². The highest BCUT2D eigenvalue weighted by Gasteiger charge is 2.32. The number of carbonyl (C=O) groups excluding carboxylic acids is 2. The molecular weight excluding hydrogens is 315 g/mol. The minimum atomic E-state index is -0.585. The van der Waals surface area contributed by atoms with Crippen LogP contribution in [0.4, 0.5) is 10.1 Å². The van der Waals surface area contributed by atoms with Crippen LogP contribution in [0.3, 0.4) is 0 Å². The van der Waals surface area contributed by atoms with Gasteiger partial charge in [-0.15, -0.1) is 0 Å². The first-order valence-electron chi connectivity index (χ1n) is 8.14. The number of carbonyl (C=O) groups is 2. The van der Waals surface area contributed by atoms with Crippen molar-refractivity contribution in [3.63, 3.8) is 0 Å². The zero-order chi connectivity index (χ0) is 17.1. The molecule has 0 aliphatic carbocycles. The van der Waals surface area contributed by atoms with Gasteiger partial charge in [0.15, 0.2) is 6.29 Å². The van der Waals surface area contributed by atoms with Gasteiger partial charge in [0.2, 0.25) is 5.91 Å². The Morgan fingerprint density at radius 2 is 1.88 bits per heavy atom. The number of piperidine rings is 1. The summed E-state index contributed by atoms with van der Waals surface area (Å²) in [6, 6.07) is 4.02. The third kappa shape index (κ3) is 3.73. The largest absolute Gasteiger partial charge is 0.350 e. The molecule has 2 fully saturated rings. The fraction of sp³-hybridized carbons (Fsp3) is 0.529. The number of benzene rings is 1. The quantitative estimate of drug-likeness (QED) is 0.917. The molecule has 2 aliphatic rings. The molecule has 2 aliphatic heterocycles. The monoisotopic (exact) mass is 336 g/mol. The van der Waals surface area contributed by atoms with Crippen LogP contribution in [0.2, 0.25) is 0 Å². The molecule has 0 radical (unpaired) electrons. The minimum absolute atomic E-state index is 0.0203. The molecule has 2 heterocycles. The molecular formula is C17H21FN2O4. The zero-order valence-electron chi connectivity index (χ0n) is 13.6. The van der Waals surface area contributed by atoms with E-state index in [1.165, 1.54) is 25.1 Å². The summed E-state index contributed by atoms with van der Waals surface area (Å²) in [5.41, 5.74) is 0.392. The highest BCUT2D eigenvalue weighted by atomic mass is 19.1. The normalized spacial score (nSPS) is 19.5. The molecule has 0 bridgehead atoms. The van der Waals surface area contributed by atoms with Crippen molar-refractivity contribution in [2.75, 3.05) is 31.6 Å². The summed E-state index contributed by atoms with van der Waals surface area (Å²) in [5.74, 6) is -0.936. The number of anilines is 1. The van der Waals surface area contributed by atoms with Crippen LogP contribution in [0.15, 0.2) is 18.2 Å². The number of amides is 2. The molecule has 0 spiro atoms. The Morgan fingerprint density at radius 3 is 2.50 bits per heavy atom. The van der Waals surface area contributed by atoms with Gasteiger partial charge in [-0.25, -0.2) is 4.39 Å². The van der Waals surface area contributed by atoms with Crippen LogP contribution in [-0.4, -0.2) is 49.3 Å². The maximum atomic E-state index is 14.0. The first kappa shape index (κ1) is 16.9. The van der Waals surface area contributed by atoms with E-state index in [-0.39, 0.29) is 29.6 Å². The van der Waals surface area contributed by atoms with Crippen LogP contribution >= 0.6 is 0 Å². The van der Waals surface area contributed by atoms with Crippen LogP contribution in [0, 0.1) is 11.7 Å². The summed E-state index contributed by atoms with van der Waals surface area (Å²) in [5, 5.41) is 2.56. The van der Waals surface area contributed by atoms with Gasteiger partial charge in [0.25, 0.3) is 5.91 Å². The summed E-state index contributed by atoms with van der Waals surface area (Å²) < 4.78 is 25.1. The third-order valence-electron chi connectivity index (χ3n) is 4.38. The SMILES string of the molecule is CC(=O)Nc1ccc(F)c(C(=O)N2CCC(C3OCCO3)CC2)c1. The van der Waals surface area contributed by atoms with Crippen LogP contribution in [0.5, 0.6) is 0 Å². The second-order valence-electron chi connectivity index (χ2n) is 6.12. The molecule has 6 nitrogen and oxygen atoms in total. The number of halogens is 1. The second kappa shape index (κ2) is 7.27. The summed E-state index contributed by atoms with van der Waals surface area (Å²) in [7, 11) is 0. The predicted octanol–water partition coefficient (Wildman–Crippen LogP) is 2.01. The van der Waals surface area contributed by atoms with Gasteiger partial charge in [-0.2, -0.15) is 0 Å². The van der Waals surface area contributed by atoms with Gasteiger partial charge < -0.3 is 19.7 Å². The summed E-state index contributed by atoms with van der Waals surface area (Å²) in [4.78, 5) is 25.4. The third-order valence-corrected chi connectivity index (χ3v) is 4.38. The molecule has 2 amide bonds. The lowest BCUT2D eigenvalue weighted by atomic mass is 9.95. The van der Waals surface area contributed by atoms with Gasteiger partial charge in [0.05, 0.1) is 18.8 Å². The van der Waals surface area contributed by atoms with E-state index in [1.54, 1.807) is 4.90 Å². The molecule has 0 aromatic heterocycles. The van der Waals surface area contributed by atoms with Gasteiger partial charge in [0.1, 0.15) is 5.82 Å². The van der Waals surface area contributed by atoms with Crippen molar-refractivity contribution in [3.05, 3.63) is 29.6 Å². The number of ether oxygens (including phenoxy) is 2. The Morgan fingerprint density at radius 1 is 1.21 bits per heavy atom.